The molecule has 2 N–H and O–H groups in total. The topological polar surface area (TPSA) is 69.4 Å². The summed E-state index contributed by atoms with van der Waals surface area (Å²) in [4.78, 5) is 20.0. The molecule has 0 fully saturated rings. The van der Waals surface area contributed by atoms with Crippen LogP contribution in [0.3, 0.4) is 0 Å². The minimum absolute atomic E-state index is 0.742. The SMILES string of the molecule is C[C@H](OC(N)=O)C(=O)Cl. The lowest BCUT2D eigenvalue weighted by atomic mass is 10.5. The first-order valence-electron chi connectivity index (χ1n) is 2.19. The smallest absolute Gasteiger partial charge is 0.405 e. The molecule has 0 bridgehead atoms. The Morgan fingerprint density at radius 1 is 1.67 bits per heavy atom. The summed E-state index contributed by atoms with van der Waals surface area (Å²) in [6, 6.07) is 0. The van der Waals surface area contributed by atoms with E-state index in [1.807, 2.05) is 0 Å². The van der Waals surface area contributed by atoms with Gasteiger partial charge in [-0.25, -0.2) is 4.79 Å². The Morgan fingerprint density at radius 2 is 2.11 bits per heavy atom. The molecule has 1 amide bonds. The zero-order valence-corrected chi connectivity index (χ0v) is 5.51. The first kappa shape index (κ1) is 8.23. The zero-order valence-electron chi connectivity index (χ0n) is 4.76. The largest absolute Gasteiger partial charge is 0.437 e. The Morgan fingerprint density at radius 3 is 2.22 bits per heavy atom. The number of rotatable bonds is 2. The molecule has 0 aromatic heterocycles. The fraction of sp³-hybridized carbons (Fsp3) is 0.500. The van der Waals surface area contributed by atoms with E-state index in [2.05, 4.69) is 10.5 Å². The Balaban J connectivity index is 3.63. The molecule has 0 aliphatic carbocycles. The van der Waals surface area contributed by atoms with Crippen molar-refractivity contribution in [3.63, 3.8) is 0 Å². The van der Waals surface area contributed by atoms with Gasteiger partial charge in [-0.1, -0.05) is 0 Å². The second-order valence-electron chi connectivity index (χ2n) is 1.38. The molecule has 0 saturated heterocycles. The summed E-state index contributed by atoms with van der Waals surface area (Å²) in [5.41, 5.74) is 4.56. The van der Waals surface area contributed by atoms with Crippen molar-refractivity contribution in [2.45, 2.75) is 13.0 Å². The summed E-state index contributed by atoms with van der Waals surface area (Å²) >= 11 is 4.90. The van der Waals surface area contributed by atoms with Gasteiger partial charge >= 0.3 is 6.09 Å². The summed E-state index contributed by atoms with van der Waals surface area (Å²) in [6.45, 7) is 1.33. The van der Waals surface area contributed by atoms with Crippen molar-refractivity contribution in [2.75, 3.05) is 0 Å². The van der Waals surface area contributed by atoms with Crippen LogP contribution < -0.4 is 5.73 Å². The van der Waals surface area contributed by atoms with E-state index in [4.69, 9.17) is 11.6 Å². The number of halogens is 1. The van der Waals surface area contributed by atoms with Crippen molar-refractivity contribution in [1.29, 1.82) is 0 Å². The zero-order chi connectivity index (χ0) is 7.44. The van der Waals surface area contributed by atoms with E-state index in [0.29, 0.717) is 0 Å². The third-order valence-electron chi connectivity index (χ3n) is 0.613. The number of carbonyl (C=O) groups is 2. The summed E-state index contributed by atoms with van der Waals surface area (Å²) in [5, 5.41) is -0.742. The molecule has 0 aliphatic rings. The van der Waals surface area contributed by atoms with Crippen molar-refractivity contribution in [2.24, 2.45) is 5.73 Å². The van der Waals surface area contributed by atoms with Crippen LogP contribution in [0.5, 0.6) is 0 Å². The highest BCUT2D eigenvalue weighted by molar-refractivity contribution is 6.64. The van der Waals surface area contributed by atoms with Crippen molar-refractivity contribution >= 4 is 22.9 Å². The summed E-state index contributed by atoms with van der Waals surface area (Å²) in [6.07, 6.45) is -1.96. The molecule has 1 atom stereocenters. The van der Waals surface area contributed by atoms with Gasteiger partial charge in [0.2, 0.25) is 0 Å². The maximum Gasteiger partial charge on any atom is 0.405 e. The second-order valence-corrected chi connectivity index (χ2v) is 1.76. The standard InChI is InChI=1S/C4H6ClNO3/c1-2(3(5)7)9-4(6)8/h2H,1H3,(H2,6,8)/t2-/m0/s1. The molecule has 0 spiro atoms. The lowest BCUT2D eigenvalue weighted by Crippen LogP contribution is -2.24. The first-order chi connectivity index (χ1) is 4.04. The minimum Gasteiger partial charge on any atom is -0.437 e. The molecule has 0 aromatic carbocycles. The van der Waals surface area contributed by atoms with Crippen molar-refractivity contribution in [3.05, 3.63) is 0 Å². The number of carbonyl (C=O) groups excluding carboxylic acids is 2. The van der Waals surface area contributed by atoms with Gasteiger partial charge in [-0.05, 0) is 18.5 Å². The third kappa shape index (κ3) is 3.78. The molecule has 52 valence electrons. The van der Waals surface area contributed by atoms with Crippen LogP contribution in [0.2, 0.25) is 0 Å². The second kappa shape index (κ2) is 3.29. The Labute approximate surface area is 56.9 Å². The Hall–Kier alpha value is -0.770. The highest BCUT2D eigenvalue weighted by Crippen LogP contribution is 1.94. The maximum atomic E-state index is 10.1. The van der Waals surface area contributed by atoms with Gasteiger partial charge in [0.15, 0.2) is 6.10 Å². The quantitative estimate of drug-likeness (QED) is 0.575. The number of nitrogens with two attached hydrogens (primary N) is 1. The van der Waals surface area contributed by atoms with Gasteiger partial charge in [-0.3, -0.25) is 4.79 Å². The van der Waals surface area contributed by atoms with Gasteiger partial charge in [0.05, 0.1) is 0 Å². The molecular weight excluding hydrogens is 146 g/mol. The van der Waals surface area contributed by atoms with E-state index < -0.39 is 17.4 Å². The number of hydrogen-bond donors (Lipinski definition) is 1. The Bertz CT molecular complexity index is 136. The predicted octanol–water partition coefficient (Wildman–Crippen LogP) is 0.236. The van der Waals surface area contributed by atoms with Crippen molar-refractivity contribution in [1.82, 2.24) is 0 Å². The lowest BCUT2D eigenvalue weighted by Gasteiger charge is -2.03. The van der Waals surface area contributed by atoms with E-state index in [1.54, 1.807) is 0 Å². The average Bonchev–Trinajstić information content (AvgIpc) is 1.63. The number of ether oxygens (including phenoxy) is 1. The van der Waals surface area contributed by atoms with Gasteiger partial charge < -0.3 is 10.5 Å². The predicted molar refractivity (Wildman–Crippen MR) is 31.0 cm³/mol. The van der Waals surface area contributed by atoms with Crippen molar-refractivity contribution in [3.8, 4) is 0 Å². The minimum atomic E-state index is -1.00. The van der Waals surface area contributed by atoms with Gasteiger partial charge in [-0.15, -0.1) is 0 Å². The van der Waals surface area contributed by atoms with E-state index in [1.165, 1.54) is 6.92 Å². The van der Waals surface area contributed by atoms with Crippen molar-refractivity contribution < 1.29 is 14.3 Å². The van der Waals surface area contributed by atoms with E-state index in [-0.39, 0.29) is 0 Å². The molecule has 0 radical (unpaired) electrons. The van der Waals surface area contributed by atoms with Crippen LogP contribution in [-0.4, -0.2) is 17.4 Å². The highest BCUT2D eigenvalue weighted by atomic mass is 35.5. The van der Waals surface area contributed by atoms with Crippen LogP contribution in [0, 0.1) is 0 Å². The van der Waals surface area contributed by atoms with E-state index in [0.717, 1.165) is 0 Å². The molecule has 0 aromatic rings. The van der Waals surface area contributed by atoms with E-state index in [9.17, 15) is 9.59 Å². The van der Waals surface area contributed by atoms with Crippen LogP contribution in [0.25, 0.3) is 0 Å². The third-order valence-corrected chi connectivity index (χ3v) is 0.920. The van der Waals surface area contributed by atoms with Gasteiger partial charge in [0.1, 0.15) is 0 Å². The fourth-order valence-electron chi connectivity index (χ4n) is 0.221. The van der Waals surface area contributed by atoms with Gasteiger partial charge in [-0.2, -0.15) is 0 Å². The first-order valence-corrected chi connectivity index (χ1v) is 2.57. The highest BCUT2D eigenvalue weighted by Gasteiger charge is 2.11. The molecule has 0 unspecified atom stereocenters. The Kier molecular flexibility index (Phi) is 3.01. The van der Waals surface area contributed by atoms with Gasteiger partial charge in [0, 0.05) is 0 Å². The number of amides is 1. The number of primary amides is 1. The normalized spacial score (nSPS) is 12.2. The van der Waals surface area contributed by atoms with E-state index >= 15 is 0 Å². The average molecular weight is 152 g/mol. The molecule has 5 heteroatoms. The van der Waals surface area contributed by atoms with Gasteiger partial charge in [0.25, 0.3) is 5.24 Å². The van der Waals surface area contributed by atoms with Crippen LogP contribution in [0.1, 0.15) is 6.92 Å². The summed E-state index contributed by atoms with van der Waals surface area (Å²) in [7, 11) is 0. The van der Waals surface area contributed by atoms with Crippen LogP contribution in [0.4, 0.5) is 4.79 Å². The molecule has 4 nitrogen and oxygen atoms in total. The number of hydrogen-bond acceptors (Lipinski definition) is 3. The molecule has 0 aliphatic heterocycles. The molecular formula is C4H6ClNO3. The molecule has 9 heavy (non-hydrogen) atoms. The molecule has 0 saturated carbocycles. The van der Waals surface area contributed by atoms with Crippen LogP contribution in [0.15, 0.2) is 0 Å². The molecule has 0 heterocycles. The van der Waals surface area contributed by atoms with Crippen LogP contribution in [-0.2, 0) is 9.53 Å². The summed E-state index contributed by atoms with van der Waals surface area (Å²) in [5.74, 6) is 0. The fourth-order valence-corrected chi connectivity index (χ4v) is 0.265. The molecule has 0 rings (SSSR count). The lowest BCUT2D eigenvalue weighted by molar-refractivity contribution is -0.118. The van der Waals surface area contributed by atoms with Crippen LogP contribution >= 0.6 is 11.6 Å². The monoisotopic (exact) mass is 151 g/mol. The maximum absolute atomic E-state index is 10.1. The summed E-state index contributed by atoms with van der Waals surface area (Å²) < 4.78 is 4.17.